The van der Waals surface area contributed by atoms with E-state index in [0.29, 0.717) is 0 Å². The molecule has 3 nitrogen and oxygen atoms in total. The third-order valence-corrected chi connectivity index (χ3v) is 2.84. The molecule has 0 saturated heterocycles. The van der Waals surface area contributed by atoms with E-state index in [1.807, 2.05) is 38.3 Å². The van der Waals surface area contributed by atoms with Gasteiger partial charge in [-0.15, -0.1) is 0 Å². The molecule has 100 valence electrons. The summed E-state index contributed by atoms with van der Waals surface area (Å²) in [5.74, 6) is 0.874. The molecule has 1 aromatic rings. The van der Waals surface area contributed by atoms with Crippen molar-refractivity contribution in [1.29, 1.82) is 0 Å². The van der Waals surface area contributed by atoms with E-state index in [1.54, 1.807) is 14.0 Å². The van der Waals surface area contributed by atoms with E-state index in [-0.39, 0.29) is 12.2 Å². The molecule has 0 amide bonds. The second-order valence-electron chi connectivity index (χ2n) is 4.76. The quantitative estimate of drug-likeness (QED) is 0.787. The molecule has 1 N–H and O–H groups in total. The molecule has 18 heavy (non-hydrogen) atoms. The zero-order chi connectivity index (χ0) is 13.5. The Kier molecular flexibility index (Phi) is 5.86. The highest BCUT2D eigenvalue weighted by Gasteiger charge is 2.07. The van der Waals surface area contributed by atoms with Crippen LogP contribution >= 0.6 is 0 Å². The number of aliphatic hydroxyl groups excluding tert-OH is 1. The monoisotopic (exact) mass is 249 g/mol. The van der Waals surface area contributed by atoms with Crippen LogP contribution in [-0.2, 0) is 0 Å². The molecule has 0 aliphatic heterocycles. The molecule has 0 aliphatic rings. The first-order chi connectivity index (χ1) is 8.52. The SMILES string of the molecule is CN=Cc1ccc(OC(C)CCC(C)O)cc1C. The molecule has 0 spiro atoms. The highest BCUT2D eigenvalue weighted by Crippen LogP contribution is 2.18. The van der Waals surface area contributed by atoms with Crippen LogP contribution in [0.2, 0.25) is 0 Å². The van der Waals surface area contributed by atoms with Gasteiger partial charge in [-0.1, -0.05) is 0 Å². The minimum atomic E-state index is -0.263. The zero-order valence-electron chi connectivity index (χ0n) is 11.7. The minimum absolute atomic E-state index is 0.115. The molecular formula is C15H23NO2. The van der Waals surface area contributed by atoms with Gasteiger partial charge in [0.25, 0.3) is 0 Å². The van der Waals surface area contributed by atoms with Crippen molar-refractivity contribution < 1.29 is 9.84 Å². The van der Waals surface area contributed by atoms with Gasteiger partial charge in [-0.05, 0) is 62.9 Å². The smallest absolute Gasteiger partial charge is 0.120 e. The predicted octanol–water partition coefficient (Wildman–Crippen LogP) is 2.97. The normalized spacial score (nSPS) is 14.7. The number of benzene rings is 1. The molecule has 0 aromatic heterocycles. The van der Waals surface area contributed by atoms with Gasteiger partial charge in [0.2, 0.25) is 0 Å². The van der Waals surface area contributed by atoms with Gasteiger partial charge in [0, 0.05) is 13.3 Å². The van der Waals surface area contributed by atoms with Crippen LogP contribution in [0.3, 0.4) is 0 Å². The summed E-state index contributed by atoms with van der Waals surface area (Å²) in [6.07, 6.45) is 3.32. The number of aliphatic imine (C=N–C) groups is 1. The van der Waals surface area contributed by atoms with Gasteiger partial charge < -0.3 is 9.84 Å². The largest absolute Gasteiger partial charge is 0.491 e. The van der Waals surface area contributed by atoms with Crippen LogP contribution in [0.4, 0.5) is 0 Å². The topological polar surface area (TPSA) is 41.8 Å². The Hall–Kier alpha value is -1.35. The van der Waals surface area contributed by atoms with E-state index in [4.69, 9.17) is 4.74 Å². The average Bonchev–Trinajstić information content (AvgIpc) is 2.30. The van der Waals surface area contributed by atoms with Crippen molar-refractivity contribution >= 4 is 6.21 Å². The maximum atomic E-state index is 9.24. The fourth-order valence-corrected chi connectivity index (χ4v) is 1.77. The molecule has 3 heteroatoms. The van der Waals surface area contributed by atoms with Crippen molar-refractivity contribution in [2.45, 2.75) is 45.8 Å². The lowest BCUT2D eigenvalue weighted by molar-refractivity contribution is 0.145. The van der Waals surface area contributed by atoms with Gasteiger partial charge in [-0.2, -0.15) is 0 Å². The third kappa shape index (κ3) is 4.88. The van der Waals surface area contributed by atoms with E-state index in [9.17, 15) is 5.11 Å². The van der Waals surface area contributed by atoms with Gasteiger partial charge in [-0.25, -0.2) is 0 Å². The zero-order valence-corrected chi connectivity index (χ0v) is 11.7. The minimum Gasteiger partial charge on any atom is -0.491 e. The number of nitrogens with zero attached hydrogens (tertiary/aromatic N) is 1. The highest BCUT2D eigenvalue weighted by atomic mass is 16.5. The summed E-state index contributed by atoms with van der Waals surface area (Å²) < 4.78 is 5.82. The molecule has 0 bridgehead atoms. The van der Waals surface area contributed by atoms with Crippen LogP contribution in [0, 0.1) is 6.92 Å². The van der Waals surface area contributed by atoms with Gasteiger partial charge in [0.15, 0.2) is 0 Å². The summed E-state index contributed by atoms with van der Waals surface area (Å²) in [5.41, 5.74) is 2.27. The van der Waals surface area contributed by atoms with Crippen LogP contribution in [0.1, 0.15) is 37.8 Å². The molecule has 2 atom stereocenters. The Morgan fingerprint density at radius 1 is 1.33 bits per heavy atom. The summed E-state index contributed by atoms with van der Waals surface area (Å²) in [7, 11) is 1.77. The van der Waals surface area contributed by atoms with Crippen LogP contribution in [-0.4, -0.2) is 30.6 Å². The van der Waals surface area contributed by atoms with Crippen molar-refractivity contribution in [2.24, 2.45) is 4.99 Å². The Morgan fingerprint density at radius 2 is 2.06 bits per heavy atom. The lowest BCUT2D eigenvalue weighted by atomic mass is 10.1. The third-order valence-electron chi connectivity index (χ3n) is 2.84. The van der Waals surface area contributed by atoms with Crippen LogP contribution in [0.5, 0.6) is 5.75 Å². The van der Waals surface area contributed by atoms with Crippen molar-refractivity contribution in [3.63, 3.8) is 0 Å². The summed E-state index contributed by atoms with van der Waals surface area (Å²) in [6, 6.07) is 6.00. The molecule has 2 unspecified atom stereocenters. The highest BCUT2D eigenvalue weighted by molar-refractivity contribution is 5.81. The summed E-state index contributed by atoms with van der Waals surface area (Å²) in [6.45, 7) is 5.87. The fraction of sp³-hybridized carbons (Fsp3) is 0.533. The van der Waals surface area contributed by atoms with Crippen molar-refractivity contribution in [3.8, 4) is 5.75 Å². The molecule has 0 fully saturated rings. The van der Waals surface area contributed by atoms with Crippen LogP contribution in [0.15, 0.2) is 23.2 Å². The number of ether oxygens (including phenoxy) is 1. The number of aryl methyl sites for hydroxylation is 1. The van der Waals surface area contributed by atoms with Crippen LogP contribution in [0.25, 0.3) is 0 Å². The van der Waals surface area contributed by atoms with Crippen molar-refractivity contribution in [3.05, 3.63) is 29.3 Å². The molecule has 0 radical (unpaired) electrons. The van der Waals surface area contributed by atoms with E-state index in [1.165, 1.54) is 0 Å². The lowest BCUT2D eigenvalue weighted by Crippen LogP contribution is -2.14. The maximum absolute atomic E-state index is 9.24. The number of aliphatic hydroxyl groups is 1. The fourth-order valence-electron chi connectivity index (χ4n) is 1.77. The predicted molar refractivity (Wildman–Crippen MR) is 75.7 cm³/mol. The van der Waals surface area contributed by atoms with Gasteiger partial charge in [-0.3, -0.25) is 4.99 Å². The average molecular weight is 249 g/mol. The number of hydrogen-bond acceptors (Lipinski definition) is 3. The standard InChI is InChI=1S/C15H23NO2/c1-11-9-15(8-7-14(11)10-16-4)18-13(3)6-5-12(2)17/h7-10,12-13,17H,5-6H2,1-4H3. The number of hydrogen-bond donors (Lipinski definition) is 1. The summed E-state index contributed by atoms with van der Waals surface area (Å²) in [4.78, 5) is 4.01. The van der Waals surface area contributed by atoms with Gasteiger partial charge in [0.1, 0.15) is 5.75 Å². The van der Waals surface area contributed by atoms with Crippen molar-refractivity contribution in [2.75, 3.05) is 7.05 Å². The molecule has 0 saturated carbocycles. The van der Waals surface area contributed by atoms with Crippen LogP contribution < -0.4 is 4.74 Å². The maximum Gasteiger partial charge on any atom is 0.120 e. The molecule has 1 aromatic carbocycles. The van der Waals surface area contributed by atoms with E-state index in [2.05, 4.69) is 4.99 Å². The summed E-state index contributed by atoms with van der Waals surface area (Å²) in [5, 5.41) is 9.24. The first-order valence-corrected chi connectivity index (χ1v) is 6.40. The van der Waals surface area contributed by atoms with E-state index in [0.717, 1.165) is 29.7 Å². The molecule has 0 aliphatic carbocycles. The Morgan fingerprint density at radius 3 is 2.61 bits per heavy atom. The first-order valence-electron chi connectivity index (χ1n) is 6.40. The molecular weight excluding hydrogens is 226 g/mol. The summed E-state index contributed by atoms with van der Waals surface area (Å²) >= 11 is 0. The molecule has 0 heterocycles. The van der Waals surface area contributed by atoms with Gasteiger partial charge in [0.05, 0.1) is 12.2 Å². The van der Waals surface area contributed by atoms with E-state index < -0.39 is 0 Å². The Bertz CT molecular complexity index is 399. The number of rotatable bonds is 6. The van der Waals surface area contributed by atoms with Crippen molar-refractivity contribution in [1.82, 2.24) is 0 Å². The van der Waals surface area contributed by atoms with E-state index >= 15 is 0 Å². The Labute approximate surface area is 110 Å². The second kappa shape index (κ2) is 7.17. The van der Waals surface area contributed by atoms with Gasteiger partial charge >= 0.3 is 0 Å². The molecule has 1 rings (SSSR count). The second-order valence-corrected chi connectivity index (χ2v) is 4.76. The Balaban J connectivity index is 2.60. The lowest BCUT2D eigenvalue weighted by Gasteiger charge is -2.16. The first kappa shape index (κ1) is 14.7.